The van der Waals surface area contributed by atoms with Gasteiger partial charge in [-0.25, -0.2) is 4.79 Å². The topological polar surface area (TPSA) is 79.4 Å². The van der Waals surface area contributed by atoms with Gasteiger partial charge in [0, 0.05) is 25.1 Å². The van der Waals surface area contributed by atoms with Gasteiger partial charge < -0.3 is 14.2 Å². The molecule has 1 aliphatic heterocycles. The minimum Gasteiger partial charge on any atom is -0.444 e. The zero-order valence-corrected chi connectivity index (χ0v) is 13.4. The average molecular weight is 303 g/mol. The largest absolute Gasteiger partial charge is 0.444 e. The molecule has 0 N–H and O–H groups in total. The quantitative estimate of drug-likeness (QED) is 0.796. The van der Waals surface area contributed by atoms with Gasteiger partial charge in [-0.2, -0.15) is 5.26 Å². The Balaban J connectivity index is 1.75. The molecule has 1 aromatic heterocycles. The maximum Gasteiger partial charge on any atom is 0.410 e. The van der Waals surface area contributed by atoms with E-state index in [0.29, 0.717) is 24.5 Å². The first-order chi connectivity index (χ1) is 10.3. The molecule has 1 aliphatic carbocycles. The number of amides is 1. The van der Waals surface area contributed by atoms with Gasteiger partial charge in [-0.15, -0.1) is 0 Å². The Morgan fingerprint density at radius 3 is 2.82 bits per heavy atom. The number of carbonyl (C=O) groups excluding carboxylic acids is 1. The molecule has 2 aliphatic rings. The fraction of sp³-hybridized carbons (Fsp3) is 0.688. The van der Waals surface area contributed by atoms with Crippen molar-refractivity contribution in [1.82, 2.24) is 10.1 Å². The Bertz CT molecular complexity index is 640. The van der Waals surface area contributed by atoms with Gasteiger partial charge >= 0.3 is 6.09 Å². The lowest BCUT2D eigenvalue weighted by Crippen LogP contribution is -2.40. The molecule has 0 bridgehead atoms. The maximum atomic E-state index is 12.2. The van der Waals surface area contributed by atoms with Crippen LogP contribution >= 0.6 is 0 Å². The number of hydrogen-bond donors (Lipinski definition) is 0. The van der Waals surface area contributed by atoms with E-state index in [1.807, 2.05) is 33.8 Å². The summed E-state index contributed by atoms with van der Waals surface area (Å²) in [5, 5.41) is 13.7. The number of aromatic nitrogens is 1. The molecule has 3 rings (SSSR count). The summed E-state index contributed by atoms with van der Waals surface area (Å²) in [6.07, 6.45) is 0.490. The molecule has 1 amide bonds. The Morgan fingerprint density at radius 1 is 1.55 bits per heavy atom. The van der Waals surface area contributed by atoms with Gasteiger partial charge in [0.2, 0.25) is 0 Å². The second-order valence-electron chi connectivity index (χ2n) is 7.23. The lowest BCUT2D eigenvalue weighted by Gasteiger charge is -2.29. The van der Waals surface area contributed by atoms with Crippen LogP contribution in [0.15, 0.2) is 10.6 Å². The summed E-state index contributed by atoms with van der Waals surface area (Å²) in [4.78, 5) is 13.9. The summed E-state index contributed by atoms with van der Waals surface area (Å²) in [6.45, 7) is 8.54. The van der Waals surface area contributed by atoms with Crippen LogP contribution in [0, 0.1) is 30.1 Å². The van der Waals surface area contributed by atoms with E-state index in [1.165, 1.54) is 0 Å². The van der Waals surface area contributed by atoms with Gasteiger partial charge in [0.05, 0.1) is 6.07 Å². The molecule has 22 heavy (non-hydrogen) atoms. The number of piperidine rings is 1. The van der Waals surface area contributed by atoms with Crippen molar-refractivity contribution in [3.05, 3.63) is 17.5 Å². The zero-order valence-electron chi connectivity index (χ0n) is 13.4. The Labute approximate surface area is 130 Å². The Morgan fingerprint density at radius 2 is 2.27 bits per heavy atom. The van der Waals surface area contributed by atoms with Crippen LogP contribution in [0.2, 0.25) is 0 Å². The highest BCUT2D eigenvalue weighted by Crippen LogP contribution is 2.62. The molecule has 1 aromatic rings. The summed E-state index contributed by atoms with van der Waals surface area (Å²) in [5.74, 6) is 1.07. The molecule has 6 nitrogen and oxygen atoms in total. The molecule has 0 spiro atoms. The molecular formula is C16H21N3O3. The summed E-state index contributed by atoms with van der Waals surface area (Å²) in [6, 6.07) is 4.26. The Kier molecular flexibility index (Phi) is 3.20. The third-order valence-corrected chi connectivity index (χ3v) is 4.56. The number of hydrogen-bond acceptors (Lipinski definition) is 5. The van der Waals surface area contributed by atoms with Crippen LogP contribution < -0.4 is 0 Å². The van der Waals surface area contributed by atoms with Crippen molar-refractivity contribution >= 4 is 6.09 Å². The van der Waals surface area contributed by atoms with Gasteiger partial charge in [-0.3, -0.25) is 0 Å². The lowest BCUT2D eigenvalue weighted by atomic mass is 9.98. The number of nitrogens with zero attached hydrogens (tertiary/aromatic N) is 3. The molecule has 1 saturated carbocycles. The number of fused-ring (bicyclic) bond motifs is 1. The number of carbonyl (C=O) groups is 1. The second kappa shape index (κ2) is 4.73. The molecule has 3 unspecified atom stereocenters. The first-order valence-electron chi connectivity index (χ1n) is 7.61. The van der Waals surface area contributed by atoms with Crippen LogP contribution in [0.5, 0.6) is 0 Å². The van der Waals surface area contributed by atoms with Crippen LogP contribution in [-0.2, 0) is 10.2 Å². The van der Waals surface area contributed by atoms with E-state index in [0.717, 1.165) is 6.42 Å². The van der Waals surface area contributed by atoms with Crippen LogP contribution in [0.1, 0.15) is 38.6 Å². The van der Waals surface area contributed by atoms with Crippen molar-refractivity contribution < 1.29 is 14.1 Å². The van der Waals surface area contributed by atoms with E-state index >= 15 is 0 Å². The molecule has 1 saturated heterocycles. The van der Waals surface area contributed by atoms with Crippen LogP contribution in [-0.4, -0.2) is 34.8 Å². The zero-order chi connectivity index (χ0) is 16.1. The maximum absolute atomic E-state index is 12.2. The highest BCUT2D eigenvalue weighted by Gasteiger charge is 2.69. The van der Waals surface area contributed by atoms with Crippen molar-refractivity contribution in [2.45, 2.75) is 45.1 Å². The minimum absolute atomic E-state index is 0.114. The third-order valence-electron chi connectivity index (χ3n) is 4.56. The van der Waals surface area contributed by atoms with Crippen molar-refractivity contribution in [3.63, 3.8) is 0 Å². The molecule has 6 heteroatoms. The second-order valence-corrected chi connectivity index (χ2v) is 7.23. The van der Waals surface area contributed by atoms with E-state index in [4.69, 9.17) is 9.26 Å². The number of rotatable bonds is 1. The normalized spacial score (nSPS) is 30.4. The smallest absolute Gasteiger partial charge is 0.410 e. The number of aryl methyl sites for hydroxylation is 1. The number of likely N-dealkylation sites (tertiary alicyclic amines) is 1. The van der Waals surface area contributed by atoms with Gasteiger partial charge in [0.1, 0.15) is 22.5 Å². The molecule has 2 fully saturated rings. The van der Waals surface area contributed by atoms with Crippen LogP contribution in [0.3, 0.4) is 0 Å². The lowest BCUT2D eigenvalue weighted by molar-refractivity contribution is 0.0207. The average Bonchev–Trinajstić information content (AvgIpc) is 2.89. The molecule has 3 atom stereocenters. The monoisotopic (exact) mass is 303 g/mol. The van der Waals surface area contributed by atoms with E-state index in [-0.39, 0.29) is 17.9 Å². The fourth-order valence-electron chi connectivity index (χ4n) is 3.52. The van der Waals surface area contributed by atoms with Crippen LogP contribution in [0.4, 0.5) is 4.79 Å². The summed E-state index contributed by atoms with van der Waals surface area (Å²) < 4.78 is 10.6. The number of nitriles is 1. The predicted molar refractivity (Wildman–Crippen MR) is 77.9 cm³/mol. The van der Waals surface area contributed by atoms with Crippen LogP contribution in [0.25, 0.3) is 0 Å². The van der Waals surface area contributed by atoms with Gasteiger partial charge in [-0.1, -0.05) is 5.16 Å². The van der Waals surface area contributed by atoms with Gasteiger partial charge in [0.15, 0.2) is 0 Å². The molecular weight excluding hydrogens is 282 g/mol. The standard InChI is InChI=1S/C16H21N3O3/c1-10-7-13(18-22-10)16(9-17)11-5-6-19(8-12(11)16)14(20)21-15(2,3)4/h7,11-12H,5-6,8H2,1-4H3. The van der Waals surface area contributed by atoms with Gasteiger partial charge in [0.25, 0.3) is 0 Å². The fourth-order valence-corrected chi connectivity index (χ4v) is 3.52. The SMILES string of the molecule is Cc1cc(C2(C#N)C3CCN(C(=O)OC(C)(C)C)CC32)no1. The molecule has 0 aromatic carbocycles. The van der Waals surface area contributed by atoms with Crippen molar-refractivity contribution in [1.29, 1.82) is 5.26 Å². The van der Waals surface area contributed by atoms with Crippen molar-refractivity contribution in [2.75, 3.05) is 13.1 Å². The van der Waals surface area contributed by atoms with E-state index < -0.39 is 11.0 Å². The molecule has 118 valence electrons. The van der Waals surface area contributed by atoms with E-state index in [2.05, 4.69) is 11.2 Å². The Hall–Kier alpha value is -2.03. The highest BCUT2D eigenvalue weighted by molar-refractivity contribution is 5.68. The van der Waals surface area contributed by atoms with E-state index in [1.54, 1.807) is 4.90 Å². The minimum atomic E-state index is -0.603. The summed E-state index contributed by atoms with van der Waals surface area (Å²) in [5.41, 5.74) is -0.407. The van der Waals surface area contributed by atoms with Crippen molar-refractivity contribution in [2.24, 2.45) is 11.8 Å². The third kappa shape index (κ3) is 2.25. The van der Waals surface area contributed by atoms with Crippen molar-refractivity contribution in [3.8, 4) is 6.07 Å². The predicted octanol–water partition coefficient (Wildman–Crippen LogP) is 2.63. The van der Waals surface area contributed by atoms with E-state index in [9.17, 15) is 10.1 Å². The first-order valence-corrected chi connectivity index (χ1v) is 7.61. The summed E-state index contributed by atoms with van der Waals surface area (Å²) in [7, 11) is 0. The first kappa shape index (κ1) is 14.9. The molecule has 2 heterocycles. The van der Waals surface area contributed by atoms with Gasteiger partial charge in [-0.05, 0) is 40.0 Å². The summed E-state index contributed by atoms with van der Waals surface area (Å²) >= 11 is 0. The molecule has 0 radical (unpaired) electrons. The number of ether oxygens (including phenoxy) is 1. The highest BCUT2D eigenvalue weighted by atomic mass is 16.6.